The van der Waals surface area contributed by atoms with Crippen molar-refractivity contribution in [3.63, 3.8) is 0 Å². The zero-order valence-electron chi connectivity index (χ0n) is 6.95. The Hall–Kier alpha value is -0.590. The van der Waals surface area contributed by atoms with E-state index in [0.29, 0.717) is 0 Å². The van der Waals surface area contributed by atoms with Crippen LogP contribution in [0.3, 0.4) is 0 Å². The molecule has 1 heteroatoms. The first-order valence-corrected chi connectivity index (χ1v) is 3.20. The Morgan fingerprint density at radius 3 is 1.44 bits per heavy atom. The van der Waals surface area contributed by atoms with Gasteiger partial charge in [0.15, 0.2) is 0 Å². The third-order valence-corrected chi connectivity index (χ3v) is 1.11. The summed E-state index contributed by atoms with van der Waals surface area (Å²) in [7, 11) is 0. The molecule has 9 heavy (non-hydrogen) atoms. The predicted octanol–water partition coefficient (Wildman–Crippen LogP) is 2.78. The molecule has 0 spiro atoms. The van der Waals surface area contributed by atoms with Crippen molar-refractivity contribution in [2.45, 2.75) is 34.6 Å². The lowest BCUT2D eigenvalue weighted by Gasteiger charge is -1.95. The second-order valence-electron chi connectivity index (χ2n) is 2.64. The van der Waals surface area contributed by atoms with Gasteiger partial charge in [-0.25, -0.2) is 0 Å². The molecule has 0 radical (unpaired) electrons. The molecule has 0 aromatic rings. The molecule has 0 saturated heterocycles. The van der Waals surface area contributed by atoms with Gasteiger partial charge in [-0.15, -0.1) is 0 Å². The smallest absolute Gasteiger partial charge is 0.0358 e. The first kappa shape index (κ1) is 8.41. The van der Waals surface area contributed by atoms with Gasteiger partial charge in [0.05, 0.1) is 0 Å². The Morgan fingerprint density at radius 1 is 0.889 bits per heavy atom. The van der Waals surface area contributed by atoms with Crippen LogP contribution in [0.15, 0.2) is 16.3 Å². The van der Waals surface area contributed by atoms with Crippen LogP contribution in [0.25, 0.3) is 0 Å². The number of rotatable bonds is 1. The lowest BCUT2D eigenvalue weighted by molar-refractivity contribution is 1.18. The number of aliphatic imine (C=N–C) groups is 1. The van der Waals surface area contributed by atoms with E-state index in [1.165, 1.54) is 5.57 Å². The van der Waals surface area contributed by atoms with E-state index in [1.54, 1.807) is 0 Å². The Morgan fingerprint density at radius 2 is 1.33 bits per heavy atom. The largest absolute Gasteiger partial charge is 0.263 e. The highest BCUT2D eigenvalue weighted by Crippen LogP contribution is 2.02. The molecule has 0 aromatic carbocycles. The molecule has 52 valence electrons. The van der Waals surface area contributed by atoms with E-state index in [0.717, 1.165) is 11.4 Å². The van der Waals surface area contributed by atoms with Crippen LogP contribution in [-0.2, 0) is 0 Å². The Kier molecular flexibility index (Phi) is 3.21. The van der Waals surface area contributed by atoms with Crippen molar-refractivity contribution in [1.82, 2.24) is 0 Å². The van der Waals surface area contributed by atoms with Gasteiger partial charge in [0.25, 0.3) is 0 Å². The fourth-order valence-electron chi connectivity index (χ4n) is 0.447. The van der Waals surface area contributed by atoms with Crippen LogP contribution < -0.4 is 0 Å². The summed E-state index contributed by atoms with van der Waals surface area (Å²) in [5, 5.41) is 0. The SMILES string of the molecule is CC(C)=NC(C)=C(C)C. The van der Waals surface area contributed by atoms with Gasteiger partial charge in [0, 0.05) is 11.4 Å². The monoisotopic (exact) mass is 125 g/mol. The van der Waals surface area contributed by atoms with Gasteiger partial charge in [0.2, 0.25) is 0 Å². The summed E-state index contributed by atoms with van der Waals surface area (Å²) in [4.78, 5) is 4.27. The highest BCUT2D eigenvalue weighted by atomic mass is 14.7. The predicted molar refractivity (Wildman–Crippen MR) is 42.8 cm³/mol. The van der Waals surface area contributed by atoms with Crippen LogP contribution in [0.1, 0.15) is 34.6 Å². The zero-order valence-corrected chi connectivity index (χ0v) is 6.95. The minimum atomic E-state index is 1.12. The Balaban J connectivity index is 4.25. The summed E-state index contributed by atoms with van der Waals surface area (Å²) < 4.78 is 0. The minimum Gasteiger partial charge on any atom is -0.263 e. The Labute approximate surface area is 57.5 Å². The third-order valence-electron chi connectivity index (χ3n) is 1.11. The molecule has 0 bridgehead atoms. The highest BCUT2D eigenvalue weighted by Gasteiger charge is 1.85. The first-order chi connectivity index (χ1) is 4.04. The Bertz CT molecular complexity index is 144. The van der Waals surface area contributed by atoms with Crippen LogP contribution in [0.5, 0.6) is 0 Å². The standard InChI is InChI=1S/C8H15N/c1-6(2)8(5)9-7(3)4/h1-5H3. The molecule has 0 atom stereocenters. The summed E-state index contributed by atoms with van der Waals surface area (Å²) in [6.07, 6.45) is 0. The van der Waals surface area contributed by atoms with Crippen molar-refractivity contribution < 1.29 is 0 Å². The van der Waals surface area contributed by atoms with Crippen molar-refractivity contribution in [3.05, 3.63) is 11.3 Å². The van der Waals surface area contributed by atoms with E-state index in [2.05, 4.69) is 18.8 Å². The lowest BCUT2D eigenvalue weighted by atomic mass is 10.3. The van der Waals surface area contributed by atoms with Crippen molar-refractivity contribution in [1.29, 1.82) is 0 Å². The fourth-order valence-corrected chi connectivity index (χ4v) is 0.447. The molecule has 0 N–H and O–H groups in total. The second-order valence-corrected chi connectivity index (χ2v) is 2.64. The topological polar surface area (TPSA) is 12.4 Å². The number of nitrogens with zero attached hydrogens (tertiary/aromatic N) is 1. The van der Waals surface area contributed by atoms with Gasteiger partial charge in [-0.2, -0.15) is 0 Å². The fraction of sp³-hybridized carbons (Fsp3) is 0.625. The van der Waals surface area contributed by atoms with Crippen LogP contribution >= 0.6 is 0 Å². The normalized spacial score (nSPS) is 8.56. The van der Waals surface area contributed by atoms with E-state index in [-0.39, 0.29) is 0 Å². The molecule has 0 fully saturated rings. The molecule has 0 aliphatic rings. The molecule has 0 saturated carbocycles. The van der Waals surface area contributed by atoms with E-state index >= 15 is 0 Å². The number of hydrogen-bond acceptors (Lipinski definition) is 1. The van der Waals surface area contributed by atoms with Crippen molar-refractivity contribution in [3.8, 4) is 0 Å². The van der Waals surface area contributed by atoms with Gasteiger partial charge in [-0.1, -0.05) is 5.57 Å². The zero-order chi connectivity index (χ0) is 7.44. The summed E-state index contributed by atoms with van der Waals surface area (Å²) in [5.74, 6) is 0. The van der Waals surface area contributed by atoms with E-state index in [9.17, 15) is 0 Å². The van der Waals surface area contributed by atoms with E-state index in [4.69, 9.17) is 0 Å². The molecule has 0 heterocycles. The summed E-state index contributed by atoms with van der Waals surface area (Å²) in [5.41, 5.74) is 3.54. The molecule has 0 aliphatic carbocycles. The van der Waals surface area contributed by atoms with Gasteiger partial charge in [-0.05, 0) is 34.6 Å². The molecule has 0 unspecified atom stereocenters. The molecule has 0 aromatic heterocycles. The van der Waals surface area contributed by atoms with Gasteiger partial charge >= 0.3 is 0 Å². The molecular weight excluding hydrogens is 110 g/mol. The molecular formula is C8H15N. The van der Waals surface area contributed by atoms with Gasteiger partial charge in [-0.3, -0.25) is 4.99 Å². The van der Waals surface area contributed by atoms with Gasteiger partial charge < -0.3 is 0 Å². The second kappa shape index (κ2) is 3.44. The number of hydrogen-bond donors (Lipinski definition) is 0. The number of allylic oxidation sites excluding steroid dienone is 2. The third kappa shape index (κ3) is 3.95. The van der Waals surface area contributed by atoms with Gasteiger partial charge in [0.1, 0.15) is 0 Å². The lowest BCUT2D eigenvalue weighted by Crippen LogP contribution is -1.82. The molecule has 1 nitrogen and oxygen atoms in total. The molecule has 0 aliphatic heterocycles. The van der Waals surface area contributed by atoms with Crippen molar-refractivity contribution >= 4 is 5.71 Å². The van der Waals surface area contributed by atoms with Crippen LogP contribution in [0, 0.1) is 0 Å². The average molecular weight is 125 g/mol. The molecule has 0 amide bonds. The maximum atomic E-state index is 4.27. The summed E-state index contributed by atoms with van der Waals surface area (Å²) in [6.45, 7) is 10.2. The highest BCUT2D eigenvalue weighted by molar-refractivity contribution is 5.80. The van der Waals surface area contributed by atoms with Crippen LogP contribution in [-0.4, -0.2) is 5.71 Å². The minimum absolute atomic E-state index is 1.12. The first-order valence-electron chi connectivity index (χ1n) is 3.20. The van der Waals surface area contributed by atoms with E-state index < -0.39 is 0 Å². The van der Waals surface area contributed by atoms with Crippen molar-refractivity contribution in [2.75, 3.05) is 0 Å². The summed E-state index contributed by atoms with van der Waals surface area (Å²) in [6, 6.07) is 0. The average Bonchev–Trinajstić information content (AvgIpc) is 1.63. The maximum absolute atomic E-state index is 4.27. The van der Waals surface area contributed by atoms with Crippen molar-refractivity contribution in [2.24, 2.45) is 4.99 Å². The van der Waals surface area contributed by atoms with Crippen LogP contribution in [0.2, 0.25) is 0 Å². The quantitative estimate of drug-likeness (QED) is 0.478. The maximum Gasteiger partial charge on any atom is 0.0358 e. The van der Waals surface area contributed by atoms with Crippen LogP contribution in [0.4, 0.5) is 0 Å². The molecule has 0 rings (SSSR count). The summed E-state index contributed by atoms with van der Waals surface area (Å²) >= 11 is 0. The van der Waals surface area contributed by atoms with E-state index in [1.807, 2.05) is 20.8 Å².